The van der Waals surface area contributed by atoms with Gasteiger partial charge in [0.15, 0.2) is 0 Å². The number of nitrogens with one attached hydrogen (secondary N) is 1. The van der Waals surface area contributed by atoms with Crippen LogP contribution in [0.2, 0.25) is 0 Å². The van der Waals surface area contributed by atoms with Crippen LogP contribution in [0.5, 0.6) is 11.5 Å². The van der Waals surface area contributed by atoms with Gasteiger partial charge < -0.3 is 19.9 Å². The number of carbonyl (C=O) groups is 1. The number of carboxylic acids is 1. The number of rotatable bonds is 7. The summed E-state index contributed by atoms with van der Waals surface area (Å²) in [6, 6.07) is 5.66. The molecule has 0 aliphatic rings. The van der Waals surface area contributed by atoms with E-state index < -0.39 is 11.4 Å². The van der Waals surface area contributed by atoms with Gasteiger partial charge in [0.2, 0.25) is 0 Å². The third kappa shape index (κ3) is 3.87. The third-order valence-electron chi connectivity index (χ3n) is 3.29. The molecule has 5 nitrogen and oxygen atoms in total. The van der Waals surface area contributed by atoms with Crippen molar-refractivity contribution in [3.63, 3.8) is 0 Å². The van der Waals surface area contributed by atoms with Crippen molar-refractivity contribution in [1.82, 2.24) is 5.32 Å². The van der Waals surface area contributed by atoms with E-state index in [-0.39, 0.29) is 12.6 Å². The zero-order chi connectivity index (χ0) is 15.3. The molecule has 0 amide bonds. The molecule has 0 aliphatic carbocycles. The molecule has 1 unspecified atom stereocenters. The van der Waals surface area contributed by atoms with Gasteiger partial charge in [0.1, 0.15) is 18.1 Å². The number of benzene rings is 1. The van der Waals surface area contributed by atoms with Crippen molar-refractivity contribution >= 4 is 5.97 Å². The number of methoxy groups -OCH3 is 1. The fourth-order valence-corrected chi connectivity index (χ4v) is 1.60. The van der Waals surface area contributed by atoms with Crippen LogP contribution in [-0.4, -0.2) is 31.8 Å². The van der Waals surface area contributed by atoms with Crippen LogP contribution in [0.1, 0.15) is 32.4 Å². The Morgan fingerprint density at radius 3 is 2.60 bits per heavy atom. The Labute approximate surface area is 119 Å². The quantitative estimate of drug-likeness (QED) is 0.803. The molecule has 1 aromatic rings. The van der Waals surface area contributed by atoms with E-state index in [0.29, 0.717) is 11.5 Å². The number of aliphatic carboxylic acids is 1. The number of ether oxygens (including phenoxy) is 2. The average Bonchev–Trinajstić information content (AvgIpc) is 2.43. The molecule has 1 atom stereocenters. The van der Waals surface area contributed by atoms with Crippen molar-refractivity contribution in [2.75, 3.05) is 20.8 Å². The second-order valence-corrected chi connectivity index (χ2v) is 5.39. The maximum atomic E-state index is 11.1. The van der Waals surface area contributed by atoms with Gasteiger partial charge in [-0.1, -0.05) is 6.07 Å². The summed E-state index contributed by atoms with van der Waals surface area (Å²) in [5.74, 6) is 0.435. The van der Waals surface area contributed by atoms with Crippen molar-refractivity contribution < 1.29 is 19.4 Å². The highest BCUT2D eigenvalue weighted by Crippen LogP contribution is 2.30. The van der Waals surface area contributed by atoms with Crippen molar-refractivity contribution in [3.05, 3.63) is 23.8 Å². The van der Waals surface area contributed by atoms with Gasteiger partial charge >= 0.3 is 5.97 Å². The van der Waals surface area contributed by atoms with Gasteiger partial charge in [0, 0.05) is 17.7 Å². The monoisotopic (exact) mass is 281 g/mol. The van der Waals surface area contributed by atoms with Crippen LogP contribution < -0.4 is 14.8 Å². The molecular weight excluding hydrogens is 258 g/mol. The van der Waals surface area contributed by atoms with E-state index in [9.17, 15) is 4.79 Å². The first-order valence-electron chi connectivity index (χ1n) is 6.53. The predicted molar refractivity (Wildman–Crippen MR) is 77.4 cm³/mol. The van der Waals surface area contributed by atoms with E-state index in [4.69, 9.17) is 14.6 Å². The highest BCUT2D eigenvalue weighted by molar-refractivity contribution is 5.73. The minimum atomic E-state index is -0.941. The van der Waals surface area contributed by atoms with Crippen molar-refractivity contribution in [2.45, 2.75) is 26.8 Å². The van der Waals surface area contributed by atoms with E-state index in [1.165, 1.54) is 0 Å². The van der Waals surface area contributed by atoms with Crippen molar-refractivity contribution in [2.24, 2.45) is 5.41 Å². The van der Waals surface area contributed by atoms with Gasteiger partial charge in [0.25, 0.3) is 0 Å². The summed E-state index contributed by atoms with van der Waals surface area (Å²) >= 11 is 0. The van der Waals surface area contributed by atoms with Crippen molar-refractivity contribution in [1.29, 1.82) is 0 Å². The molecule has 1 aromatic carbocycles. The fraction of sp³-hybridized carbons (Fsp3) is 0.533. The van der Waals surface area contributed by atoms with Gasteiger partial charge in [-0.3, -0.25) is 4.79 Å². The van der Waals surface area contributed by atoms with Gasteiger partial charge in [-0.25, -0.2) is 0 Å². The topological polar surface area (TPSA) is 67.8 Å². The molecule has 1 rings (SSSR count). The molecule has 0 radical (unpaired) electrons. The van der Waals surface area contributed by atoms with Crippen LogP contribution >= 0.6 is 0 Å². The summed E-state index contributed by atoms with van der Waals surface area (Å²) < 4.78 is 10.9. The number of hydrogen-bond donors (Lipinski definition) is 2. The molecule has 0 spiro atoms. The first-order valence-corrected chi connectivity index (χ1v) is 6.53. The minimum Gasteiger partial charge on any atom is -0.497 e. The van der Waals surface area contributed by atoms with Crippen LogP contribution in [0.3, 0.4) is 0 Å². The SMILES string of the molecule is CNC(C)c1ccc(OC)cc1OCC(C)(C)C(=O)O. The summed E-state index contributed by atoms with van der Waals surface area (Å²) in [4.78, 5) is 11.1. The summed E-state index contributed by atoms with van der Waals surface area (Å²) in [6.07, 6.45) is 0. The lowest BCUT2D eigenvalue weighted by Crippen LogP contribution is -2.31. The number of carboxylic acid groups (broad SMARTS) is 1. The van der Waals surface area contributed by atoms with Gasteiger partial charge in [0.05, 0.1) is 12.5 Å². The zero-order valence-corrected chi connectivity index (χ0v) is 12.7. The minimum absolute atomic E-state index is 0.0962. The molecule has 0 aliphatic heterocycles. The lowest BCUT2D eigenvalue weighted by molar-refractivity contribution is -0.148. The molecule has 5 heteroatoms. The first-order chi connectivity index (χ1) is 9.31. The van der Waals surface area contributed by atoms with Crippen LogP contribution in [0.4, 0.5) is 0 Å². The first kappa shape index (κ1) is 16.3. The van der Waals surface area contributed by atoms with E-state index in [1.807, 2.05) is 26.1 Å². The Balaban J connectivity index is 2.99. The highest BCUT2D eigenvalue weighted by Gasteiger charge is 2.28. The van der Waals surface area contributed by atoms with Crippen LogP contribution in [0.25, 0.3) is 0 Å². The highest BCUT2D eigenvalue weighted by atomic mass is 16.5. The molecule has 0 bridgehead atoms. The summed E-state index contributed by atoms with van der Waals surface area (Å²) in [5, 5.41) is 12.3. The third-order valence-corrected chi connectivity index (χ3v) is 3.29. The zero-order valence-electron chi connectivity index (χ0n) is 12.7. The normalized spacial score (nSPS) is 12.8. The van der Waals surface area contributed by atoms with Gasteiger partial charge in [-0.15, -0.1) is 0 Å². The Hall–Kier alpha value is -1.75. The van der Waals surface area contributed by atoms with Crippen LogP contribution in [0.15, 0.2) is 18.2 Å². The second-order valence-electron chi connectivity index (χ2n) is 5.39. The average molecular weight is 281 g/mol. The maximum absolute atomic E-state index is 11.1. The van der Waals surface area contributed by atoms with E-state index >= 15 is 0 Å². The molecule has 0 saturated heterocycles. The Morgan fingerprint density at radius 2 is 2.10 bits per heavy atom. The molecule has 0 saturated carbocycles. The van der Waals surface area contributed by atoms with Crippen LogP contribution in [0, 0.1) is 5.41 Å². The summed E-state index contributed by atoms with van der Waals surface area (Å²) in [7, 11) is 3.45. The van der Waals surface area contributed by atoms with Crippen molar-refractivity contribution in [3.8, 4) is 11.5 Å². The van der Waals surface area contributed by atoms with E-state index in [0.717, 1.165) is 5.56 Å². The lowest BCUT2D eigenvalue weighted by atomic mass is 9.95. The molecule has 0 aromatic heterocycles. The van der Waals surface area contributed by atoms with E-state index in [1.54, 1.807) is 27.0 Å². The van der Waals surface area contributed by atoms with Crippen LogP contribution in [-0.2, 0) is 4.79 Å². The number of hydrogen-bond acceptors (Lipinski definition) is 4. The summed E-state index contributed by atoms with van der Waals surface area (Å²) in [6.45, 7) is 5.38. The second kappa shape index (κ2) is 6.61. The molecule has 20 heavy (non-hydrogen) atoms. The standard InChI is InChI=1S/C15H23NO4/c1-10(16-4)12-7-6-11(19-5)8-13(12)20-9-15(2,3)14(17)18/h6-8,10,16H,9H2,1-5H3,(H,17,18). The summed E-state index contributed by atoms with van der Waals surface area (Å²) in [5.41, 5.74) is 0.0259. The Morgan fingerprint density at radius 1 is 1.45 bits per heavy atom. The Bertz CT molecular complexity index is 471. The smallest absolute Gasteiger partial charge is 0.312 e. The van der Waals surface area contributed by atoms with E-state index in [2.05, 4.69) is 5.32 Å². The largest absolute Gasteiger partial charge is 0.497 e. The van der Waals surface area contributed by atoms with Gasteiger partial charge in [-0.2, -0.15) is 0 Å². The molecule has 112 valence electrons. The molecule has 2 N–H and O–H groups in total. The predicted octanol–water partition coefficient (Wildman–Crippen LogP) is 2.47. The molecular formula is C15H23NO4. The maximum Gasteiger partial charge on any atom is 0.312 e. The fourth-order valence-electron chi connectivity index (χ4n) is 1.60. The Kier molecular flexibility index (Phi) is 5.39. The van der Waals surface area contributed by atoms with Gasteiger partial charge in [-0.05, 0) is 33.9 Å². The molecule has 0 fully saturated rings. The molecule has 0 heterocycles. The lowest BCUT2D eigenvalue weighted by Gasteiger charge is -2.22.